The molecule has 5 nitrogen and oxygen atoms in total. The van der Waals surface area contributed by atoms with Crippen LogP contribution in [-0.2, 0) is 11.3 Å². The first-order valence-electron chi connectivity index (χ1n) is 4.28. The van der Waals surface area contributed by atoms with E-state index >= 15 is 0 Å². The fraction of sp³-hybridized carbons (Fsp3) is 0.500. The number of nitrogens with zero attached hydrogens (tertiary/aromatic N) is 1. The molecule has 0 aliphatic rings. The molecule has 0 spiro atoms. The minimum absolute atomic E-state index is 0.0278. The van der Waals surface area contributed by atoms with Crippen LogP contribution >= 0.6 is 0 Å². The Kier molecular flexibility index (Phi) is 3.98. The number of aromatic nitrogens is 2. The smallest absolute Gasteiger partial charge is 0.220 e. The van der Waals surface area contributed by atoms with Crippen molar-refractivity contribution >= 4 is 5.91 Å². The average molecular weight is 182 g/mol. The number of nitrogens with one attached hydrogen (secondary N) is 2. The van der Waals surface area contributed by atoms with E-state index in [-0.39, 0.29) is 5.91 Å². The molecule has 0 saturated heterocycles. The van der Waals surface area contributed by atoms with E-state index in [2.05, 4.69) is 15.5 Å². The van der Waals surface area contributed by atoms with E-state index in [9.17, 15) is 4.79 Å². The zero-order valence-corrected chi connectivity index (χ0v) is 7.42. The zero-order valence-electron chi connectivity index (χ0n) is 7.42. The Morgan fingerprint density at radius 3 is 3.15 bits per heavy atom. The van der Waals surface area contributed by atoms with Crippen molar-refractivity contribution in [1.82, 2.24) is 15.5 Å². The van der Waals surface area contributed by atoms with Crippen LogP contribution < -0.4 is 11.1 Å². The Balaban J connectivity index is 2.15. The van der Waals surface area contributed by atoms with Gasteiger partial charge in [0.1, 0.15) is 0 Å². The summed E-state index contributed by atoms with van der Waals surface area (Å²) in [4.78, 5) is 11.1. The number of aromatic amines is 1. The number of hydrogen-bond acceptors (Lipinski definition) is 3. The van der Waals surface area contributed by atoms with Crippen LogP contribution in [0.1, 0.15) is 18.5 Å². The second-order valence-electron chi connectivity index (χ2n) is 2.75. The standard InChI is InChI=1S/C8H14N4O/c9-4-1-2-8(13)10-6-7-3-5-11-12-7/h3,5H,1-2,4,6,9H2,(H,10,13)(H,11,12). The third kappa shape index (κ3) is 3.71. The van der Waals surface area contributed by atoms with Gasteiger partial charge in [0, 0.05) is 12.6 Å². The van der Waals surface area contributed by atoms with E-state index in [1.165, 1.54) is 0 Å². The molecule has 72 valence electrons. The summed E-state index contributed by atoms with van der Waals surface area (Å²) >= 11 is 0. The molecule has 0 aromatic carbocycles. The molecule has 1 rings (SSSR count). The van der Waals surface area contributed by atoms with Gasteiger partial charge in [-0.1, -0.05) is 0 Å². The van der Waals surface area contributed by atoms with E-state index in [1.54, 1.807) is 6.20 Å². The second-order valence-corrected chi connectivity index (χ2v) is 2.75. The molecule has 1 aromatic heterocycles. The van der Waals surface area contributed by atoms with Crippen molar-refractivity contribution < 1.29 is 4.79 Å². The molecule has 0 atom stereocenters. The lowest BCUT2D eigenvalue weighted by Gasteiger charge is -2.01. The number of H-pyrrole nitrogens is 1. The quantitative estimate of drug-likeness (QED) is 0.588. The minimum atomic E-state index is 0.0278. The highest BCUT2D eigenvalue weighted by molar-refractivity contribution is 5.75. The van der Waals surface area contributed by atoms with Gasteiger partial charge in [0.2, 0.25) is 5.91 Å². The highest BCUT2D eigenvalue weighted by Crippen LogP contribution is 1.91. The summed E-state index contributed by atoms with van der Waals surface area (Å²) in [5, 5.41) is 9.28. The molecule has 0 unspecified atom stereocenters. The Labute approximate surface area is 76.7 Å². The first-order chi connectivity index (χ1) is 6.33. The van der Waals surface area contributed by atoms with Gasteiger partial charge in [0.15, 0.2) is 0 Å². The van der Waals surface area contributed by atoms with Crippen molar-refractivity contribution in [3.05, 3.63) is 18.0 Å². The number of amides is 1. The molecule has 1 heterocycles. The summed E-state index contributed by atoms with van der Waals surface area (Å²) in [5.41, 5.74) is 6.18. The van der Waals surface area contributed by atoms with Gasteiger partial charge in [-0.3, -0.25) is 9.89 Å². The van der Waals surface area contributed by atoms with Gasteiger partial charge in [-0.15, -0.1) is 0 Å². The fourth-order valence-electron chi connectivity index (χ4n) is 0.928. The van der Waals surface area contributed by atoms with Gasteiger partial charge in [-0.2, -0.15) is 5.10 Å². The number of hydrogen-bond donors (Lipinski definition) is 3. The van der Waals surface area contributed by atoms with Crippen LogP contribution in [0.5, 0.6) is 0 Å². The van der Waals surface area contributed by atoms with E-state index in [0.29, 0.717) is 19.5 Å². The lowest BCUT2D eigenvalue weighted by molar-refractivity contribution is -0.121. The van der Waals surface area contributed by atoms with Crippen LogP contribution in [0, 0.1) is 0 Å². The molecule has 1 aromatic rings. The Morgan fingerprint density at radius 1 is 1.69 bits per heavy atom. The van der Waals surface area contributed by atoms with Crippen molar-refractivity contribution in [2.45, 2.75) is 19.4 Å². The van der Waals surface area contributed by atoms with Crippen LogP contribution in [0.2, 0.25) is 0 Å². The van der Waals surface area contributed by atoms with Gasteiger partial charge < -0.3 is 11.1 Å². The molecule has 4 N–H and O–H groups in total. The normalized spacial score (nSPS) is 9.92. The maximum atomic E-state index is 11.1. The number of carbonyl (C=O) groups excluding carboxylic acids is 1. The molecule has 13 heavy (non-hydrogen) atoms. The molecular weight excluding hydrogens is 168 g/mol. The SMILES string of the molecule is NCCCC(=O)NCc1ccn[nH]1. The van der Waals surface area contributed by atoms with Crippen LogP contribution in [0.15, 0.2) is 12.3 Å². The second kappa shape index (κ2) is 5.31. The molecule has 0 aliphatic carbocycles. The molecule has 0 fully saturated rings. The van der Waals surface area contributed by atoms with Crippen LogP contribution in [0.4, 0.5) is 0 Å². The van der Waals surface area contributed by atoms with E-state index < -0.39 is 0 Å². The molecular formula is C8H14N4O. The number of carbonyl (C=O) groups is 1. The van der Waals surface area contributed by atoms with Crippen molar-refractivity contribution in [3.8, 4) is 0 Å². The maximum Gasteiger partial charge on any atom is 0.220 e. The average Bonchev–Trinajstić information content (AvgIpc) is 2.64. The summed E-state index contributed by atoms with van der Waals surface area (Å²) in [6.07, 6.45) is 2.88. The van der Waals surface area contributed by atoms with E-state index in [0.717, 1.165) is 12.1 Å². The highest BCUT2D eigenvalue weighted by Gasteiger charge is 2.00. The Morgan fingerprint density at radius 2 is 2.54 bits per heavy atom. The van der Waals surface area contributed by atoms with Gasteiger partial charge in [-0.25, -0.2) is 0 Å². The minimum Gasteiger partial charge on any atom is -0.350 e. The lowest BCUT2D eigenvalue weighted by atomic mass is 10.3. The zero-order chi connectivity index (χ0) is 9.52. The van der Waals surface area contributed by atoms with Gasteiger partial charge >= 0.3 is 0 Å². The van der Waals surface area contributed by atoms with E-state index in [1.807, 2.05) is 6.07 Å². The summed E-state index contributed by atoms with van der Waals surface area (Å²) < 4.78 is 0. The van der Waals surface area contributed by atoms with Crippen molar-refractivity contribution in [1.29, 1.82) is 0 Å². The van der Waals surface area contributed by atoms with Gasteiger partial charge in [-0.05, 0) is 19.0 Å². The van der Waals surface area contributed by atoms with Crippen molar-refractivity contribution in [3.63, 3.8) is 0 Å². The lowest BCUT2D eigenvalue weighted by Crippen LogP contribution is -2.23. The van der Waals surface area contributed by atoms with Gasteiger partial charge in [0.05, 0.1) is 12.2 Å². The molecule has 5 heteroatoms. The fourth-order valence-corrected chi connectivity index (χ4v) is 0.928. The first kappa shape index (κ1) is 9.73. The highest BCUT2D eigenvalue weighted by atomic mass is 16.1. The molecule has 1 amide bonds. The molecule has 0 aliphatic heterocycles. The maximum absolute atomic E-state index is 11.1. The topological polar surface area (TPSA) is 83.8 Å². The molecule has 0 bridgehead atoms. The summed E-state index contributed by atoms with van der Waals surface area (Å²) in [5.74, 6) is 0.0278. The van der Waals surface area contributed by atoms with E-state index in [4.69, 9.17) is 5.73 Å². The first-order valence-corrected chi connectivity index (χ1v) is 4.28. The van der Waals surface area contributed by atoms with Crippen LogP contribution in [0.3, 0.4) is 0 Å². The third-order valence-corrected chi connectivity index (χ3v) is 1.64. The molecule has 0 saturated carbocycles. The predicted molar refractivity (Wildman–Crippen MR) is 48.7 cm³/mol. The summed E-state index contributed by atoms with van der Waals surface area (Å²) in [7, 11) is 0. The molecule has 0 radical (unpaired) electrons. The van der Waals surface area contributed by atoms with Crippen LogP contribution in [-0.4, -0.2) is 22.6 Å². The van der Waals surface area contributed by atoms with Crippen LogP contribution in [0.25, 0.3) is 0 Å². The summed E-state index contributed by atoms with van der Waals surface area (Å²) in [6, 6.07) is 1.82. The summed E-state index contributed by atoms with van der Waals surface area (Å²) in [6.45, 7) is 1.06. The Hall–Kier alpha value is -1.36. The van der Waals surface area contributed by atoms with Crippen molar-refractivity contribution in [2.75, 3.05) is 6.54 Å². The largest absolute Gasteiger partial charge is 0.350 e. The monoisotopic (exact) mass is 182 g/mol. The third-order valence-electron chi connectivity index (χ3n) is 1.64. The predicted octanol–water partition coefficient (Wildman–Crippen LogP) is -0.235. The van der Waals surface area contributed by atoms with Crippen molar-refractivity contribution in [2.24, 2.45) is 5.73 Å². The Bertz CT molecular complexity index is 245. The number of rotatable bonds is 5. The number of nitrogens with two attached hydrogens (primary N) is 1. The van der Waals surface area contributed by atoms with Gasteiger partial charge in [0.25, 0.3) is 0 Å².